The lowest BCUT2D eigenvalue weighted by Crippen LogP contribution is -2.24. The lowest BCUT2D eigenvalue weighted by atomic mass is 9.87. The van der Waals surface area contributed by atoms with Gasteiger partial charge in [-0.05, 0) is 29.5 Å². The minimum Gasteiger partial charge on any atom is -0.352 e. The van der Waals surface area contributed by atoms with Crippen LogP contribution in [-0.2, 0) is 5.41 Å². The van der Waals surface area contributed by atoms with E-state index in [1.54, 1.807) is 0 Å². The zero-order chi connectivity index (χ0) is 13.6. The molecule has 96 valence electrons. The van der Waals surface area contributed by atoms with Gasteiger partial charge in [0, 0.05) is 18.5 Å². The summed E-state index contributed by atoms with van der Waals surface area (Å²) in [6.45, 7) is 7.09. The Morgan fingerprint density at radius 3 is 2.39 bits per heavy atom. The van der Waals surface area contributed by atoms with Crippen LogP contribution in [0.25, 0.3) is 0 Å². The van der Waals surface area contributed by atoms with E-state index in [4.69, 9.17) is 6.42 Å². The van der Waals surface area contributed by atoms with E-state index in [-0.39, 0.29) is 11.3 Å². The monoisotopic (exact) mass is 243 g/mol. The van der Waals surface area contributed by atoms with Crippen molar-refractivity contribution in [3.63, 3.8) is 0 Å². The topological polar surface area (TPSA) is 29.1 Å². The highest BCUT2D eigenvalue weighted by Crippen LogP contribution is 2.22. The number of amides is 1. The fourth-order valence-electron chi connectivity index (χ4n) is 1.62. The van der Waals surface area contributed by atoms with E-state index < -0.39 is 0 Å². The molecule has 2 nitrogen and oxygen atoms in total. The third kappa shape index (κ3) is 4.25. The van der Waals surface area contributed by atoms with E-state index in [1.165, 1.54) is 5.56 Å². The molecule has 0 spiro atoms. The molecule has 0 radical (unpaired) electrons. The molecule has 0 atom stereocenters. The second kappa shape index (κ2) is 6.26. The van der Waals surface area contributed by atoms with Crippen LogP contribution in [-0.4, -0.2) is 12.5 Å². The Morgan fingerprint density at radius 1 is 1.28 bits per heavy atom. The highest BCUT2D eigenvalue weighted by Gasteiger charge is 2.13. The SMILES string of the molecule is C#CCCCNC(=O)c1ccc(C(C)(C)C)cc1. The van der Waals surface area contributed by atoms with Gasteiger partial charge in [0.15, 0.2) is 0 Å². The van der Waals surface area contributed by atoms with Crippen molar-refractivity contribution in [2.75, 3.05) is 6.54 Å². The maximum Gasteiger partial charge on any atom is 0.251 e. The standard InChI is InChI=1S/C16H21NO/c1-5-6-7-12-17-15(18)13-8-10-14(11-9-13)16(2,3)4/h1,8-11H,6-7,12H2,2-4H3,(H,17,18). The molecule has 0 aliphatic rings. The van der Waals surface area contributed by atoms with Gasteiger partial charge in [0.25, 0.3) is 5.91 Å². The second-order valence-electron chi connectivity index (χ2n) is 5.39. The van der Waals surface area contributed by atoms with Crippen molar-refractivity contribution in [3.8, 4) is 12.3 Å². The fourth-order valence-corrected chi connectivity index (χ4v) is 1.62. The molecule has 1 rings (SSSR count). The summed E-state index contributed by atoms with van der Waals surface area (Å²) in [7, 11) is 0. The molecule has 2 heteroatoms. The summed E-state index contributed by atoms with van der Waals surface area (Å²) in [5.74, 6) is 2.52. The summed E-state index contributed by atoms with van der Waals surface area (Å²) in [6.07, 6.45) is 6.67. The maximum atomic E-state index is 11.8. The van der Waals surface area contributed by atoms with Crippen LogP contribution in [0, 0.1) is 12.3 Å². The van der Waals surface area contributed by atoms with Crippen LogP contribution in [0.5, 0.6) is 0 Å². The van der Waals surface area contributed by atoms with Gasteiger partial charge in [-0.3, -0.25) is 4.79 Å². The van der Waals surface area contributed by atoms with E-state index in [9.17, 15) is 4.79 Å². The van der Waals surface area contributed by atoms with Gasteiger partial charge in [-0.1, -0.05) is 32.9 Å². The Morgan fingerprint density at radius 2 is 1.89 bits per heavy atom. The number of terminal acetylenes is 1. The van der Waals surface area contributed by atoms with Crippen LogP contribution < -0.4 is 5.32 Å². The molecule has 0 heterocycles. The summed E-state index contributed by atoms with van der Waals surface area (Å²) in [5.41, 5.74) is 2.04. The van der Waals surface area contributed by atoms with Crippen LogP contribution in [0.4, 0.5) is 0 Å². The van der Waals surface area contributed by atoms with Gasteiger partial charge in [-0.2, -0.15) is 0 Å². The number of unbranched alkanes of at least 4 members (excludes halogenated alkanes) is 1. The first-order valence-corrected chi connectivity index (χ1v) is 6.27. The molecule has 0 bridgehead atoms. The number of hydrogen-bond donors (Lipinski definition) is 1. The molecule has 1 aromatic carbocycles. The molecule has 0 unspecified atom stereocenters. The molecule has 1 amide bonds. The van der Waals surface area contributed by atoms with Gasteiger partial charge >= 0.3 is 0 Å². The Balaban J connectivity index is 2.57. The Kier molecular flexibility index (Phi) is 4.97. The van der Waals surface area contributed by atoms with Crippen LogP contribution in [0.15, 0.2) is 24.3 Å². The van der Waals surface area contributed by atoms with Gasteiger partial charge < -0.3 is 5.32 Å². The lowest BCUT2D eigenvalue weighted by Gasteiger charge is -2.19. The average molecular weight is 243 g/mol. The fraction of sp³-hybridized carbons (Fsp3) is 0.438. The van der Waals surface area contributed by atoms with E-state index >= 15 is 0 Å². The molecular formula is C16H21NO. The highest BCUT2D eigenvalue weighted by atomic mass is 16.1. The maximum absolute atomic E-state index is 11.8. The predicted octanol–water partition coefficient (Wildman–Crippen LogP) is 3.13. The van der Waals surface area contributed by atoms with Crippen LogP contribution in [0.1, 0.15) is 49.5 Å². The second-order valence-corrected chi connectivity index (χ2v) is 5.39. The third-order valence-corrected chi connectivity index (χ3v) is 2.80. The molecule has 1 aromatic rings. The predicted molar refractivity (Wildman–Crippen MR) is 75.5 cm³/mol. The Labute approximate surface area is 110 Å². The summed E-state index contributed by atoms with van der Waals surface area (Å²) in [6, 6.07) is 7.76. The molecule has 0 saturated carbocycles. The number of rotatable bonds is 4. The number of nitrogens with one attached hydrogen (secondary N) is 1. The molecular weight excluding hydrogens is 222 g/mol. The largest absolute Gasteiger partial charge is 0.352 e. The molecule has 0 aromatic heterocycles. The smallest absolute Gasteiger partial charge is 0.251 e. The van der Waals surface area contributed by atoms with E-state index in [1.807, 2.05) is 24.3 Å². The van der Waals surface area contributed by atoms with E-state index in [2.05, 4.69) is 32.0 Å². The lowest BCUT2D eigenvalue weighted by molar-refractivity contribution is 0.0953. The normalized spacial score (nSPS) is 10.8. The first-order valence-electron chi connectivity index (χ1n) is 6.27. The van der Waals surface area contributed by atoms with Crippen molar-refractivity contribution in [1.29, 1.82) is 0 Å². The zero-order valence-electron chi connectivity index (χ0n) is 11.4. The Hall–Kier alpha value is -1.75. The number of carbonyl (C=O) groups excluding carboxylic acids is 1. The van der Waals surface area contributed by atoms with Crippen molar-refractivity contribution in [3.05, 3.63) is 35.4 Å². The summed E-state index contributed by atoms with van der Waals surface area (Å²) < 4.78 is 0. The molecule has 0 aliphatic heterocycles. The van der Waals surface area contributed by atoms with Gasteiger partial charge in [0.05, 0.1) is 0 Å². The minimum atomic E-state index is -0.0347. The first-order chi connectivity index (χ1) is 8.45. The van der Waals surface area contributed by atoms with E-state index in [0.29, 0.717) is 18.5 Å². The van der Waals surface area contributed by atoms with Crippen molar-refractivity contribution < 1.29 is 4.79 Å². The molecule has 0 saturated heterocycles. The van der Waals surface area contributed by atoms with Gasteiger partial charge in [0.1, 0.15) is 0 Å². The van der Waals surface area contributed by atoms with E-state index in [0.717, 1.165) is 6.42 Å². The molecule has 18 heavy (non-hydrogen) atoms. The number of carbonyl (C=O) groups is 1. The van der Waals surface area contributed by atoms with Crippen molar-refractivity contribution in [2.45, 2.75) is 39.0 Å². The zero-order valence-corrected chi connectivity index (χ0v) is 11.4. The summed E-state index contributed by atoms with van der Waals surface area (Å²) >= 11 is 0. The number of benzene rings is 1. The molecule has 0 fully saturated rings. The van der Waals surface area contributed by atoms with Gasteiger partial charge in [-0.15, -0.1) is 12.3 Å². The molecule has 1 N–H and O–H groups in total. The minimum absolute atomic E-state index is 0.0347. The average Bonchev–Trinajstić information content (AvgIpc) is 2.33. The third-order valence-electron chi connectivity index (χ3n) is 2.80. The van der Waals surface area contributed by atoms with Gasteiger partial charge in [0.2, 0.25) is 0 Å². The van der Waals surface area contributed by atoms with Crippen molar-refractivity contribution in [1.82, 2.24) is 5.32 Å². The van der Waals surface area contributed by atoms with Crippen LogP contribution in [0.2, 0.25) is 0 Å². The quantitative estimate of drug-likeness (QED) is 0.639. The Bertz CT molecular complexity index is 432. The van der Waals surface area contributed by atoms with Crippen molar-refractivity contribution in [2.24, 2.45) is 0 Å². The number of hydrogen-bond acceptors (Lipinski definition) is 1. The molecule has 0 aliphatic carbocycles. The van der Waals surface area contributed by atoms with Crippen LogP contribution >= 0.6 is 0 Å². The van der Waals surface area contributed by atoms with Crippen LogP contribution in [0.3, 0.4) is 0 Å². The summed E-state index contributed by atoms with van der Waals surface area (Å²) in [5, 5.41) is 2.86. The van der Waals surface area contributed by atoms with Gasteiger partial charge in [-0.25, -0.2) is 0 Å². The summed E-state index contributed by atoms with van der Waals surface area (Å²) in [4.78, 5) is 11.8. The first kappa shape index (κ1) is 14.3. The van der Waals surface area contributed by atoms with Crippen molar-refractivity contribution >= 4 is 5.91 Å². The highest BCUT2D eigenvalue weighted by molar-refractivity contribution is 5.94.